The van der Waals surface area contributed by atoms with Crippen LogP contribution in [0, 0.1) is 11.3 Å². The van der Waals surface area contributed by atoms with Gasteiger partial charge >= 0.3 is 0 Å². The molecule has 0 spiro atoms. The van der Waals surface area contributed by atoms with Crippen molar-refractivity contribution in [2.45, 2.75) is 13.2 Å². The van der Waals surface area contributed by atoms with E-state index in [-0.39, 0.29) is 6.61 Å². The van der Waals surface area contributed by atoms with Gasteiger partial charge in [-0.1, -0.05) is 0 Å². The van der Waals surface area contributed by atoms with E-state index in [9.17, 15) is 0 Å². The van der Waals surface area contributed by atoms with Gasteiger partial charge in [-0.2, -0.15) is 5.26 Å². The number of nitrogens with zero attached hydrogens (tertiary/aromatic N) is 2. The lowest BCUT2D eigenvalue weighted by molar-refractivity contribution is 0.236. The Labute approximate surface area is 77.0 Å². The van der Waals surface area contributed by atoms with Gasteiger partial charge in [0, 0.05) is 0 Å². The minimum absolute atomic E-state index is 0.0814. The van der Waals surface area contributed by atoms with Crippen LogP contribution < -0.4 is 0 Å². The molecule has 0 bridgehead atoms. The lowest BCUT2D eigenvalue weighted by atomic mass is 10.4. The van der Waals surface area contributed by atoms with Crippen LogP contribution in [0.1, 0.15) is 11.5 Å². The van der Waals surface area contributed by atoms with Crippen molar-refractivity contribution in [2.75, 3.05) is 13.6 Å². The first-order chi connectivity index (χ1) is 6.26. The Morgan fingerprint density at radius 2 is 2.23 bits per heavy atom. The van der Waals surface area contributed by atoms with Gasteiger partial charge in [0.2, 0.25) is 0 Å². The van der Waals surface area contributed by atoms with Crippen molar-refractivity contribution in [3.05, 3.63) is 23.7 Å². The largest absolute Gasteiger partial charge is 0.462 e. The van der Waals surface area contributed by atoms with Gasteiger partial charge in [0.25, 0.3) is 0 Å². The quantitative estimate of drug-likeness (QED) is 0.694. The van der Waals surface area contributed by atoms with E-state index in [2.05, 4.69) is 0 Å². The Morgan fingerprint density at radius 3 is 2.77 bits per heavy atom. The van der Waals surface area contributed by atoms with Crippen LogP contribution in [-0.2, 0) is 13.2 Å². The smallest absolute Gasteiger partial charge is 0.129 e. The number of furan rings is 1. The van der Waals surface area contributed by atoms with Crippen LogP contribution in [0.25, 0.3) is 0 Å². The topological polar surface area (TPSA) is 60.4 Å². The molecule has 0 saturated carbocycles. The Morgan fingerprint density at radius 1 is 1.54 bits per heavy atom. The second-order valence-electron chi connectivity index (χ2n) is 2.86. The highest BCUT2D eigenvalue weighted by Gasteiger charge is 2.03. The summed E-state index contributed by atoms with van der Waals surface area (Å²) in [6, 6.07) is 5.58. The molecular weight excluding hydrogens is 168 g/mol. The van der Waals surface area contributed by atoms with Crippen LogP contribution in [-0.4, -0.2) is 23.6 Å². The standard InChI is InChI=1S/C9H12N2O2/c1-11(5-4-10)6-8-2-3-9(7-12)13-8/h2-3,12H,5-7H2,1H3. The number of aliphatic hydroxyl groups is 1. The maximum atomic E-state index is 8.73. The van der Waals surface area contributed by atoms with Crippen LogP contribution in [0.15, 0.2) is 16.5 Å². The van der Waals surface area contributed by atoms with Gasteiger partial charge in [-0.15, -0.1) is 0 Å². The molecule has 0 aromatic carbocycles. The average Bonchev–Trinajstić information content (AvgIpc) is 2.52. The molecule has 1 rings (SSSR count). The van der Waals surface area contributed by atoms with E-state index in [1.54, 1.807) is 12.1 Å². The van der Waals surface area contributed by atoms with Crippen LogP contribution in [0.5, 0.6) is 0 Å². The van der Waals surface area contributed by atoms with E-state index in [1.165, 1.54) is 0 Å². The predicted octanol–water partition coefficient (Wildman–Crippen LogP) is 0.727. The highest BCUT2D eigenvalue weighted by Crippen LogP contribution is 2.09. The van der Waals surface area contributed by atoms with E-state index in [1.807, 2.05) is 18.0 Å². The van der Waals surface area contributed by atoms with Crippen molar-refractivity contribution in [1.29, 1.82) is 5.26 Å². The number of hydrogen-bond donors (Lipinski definition) is 1. The molecule has 0 saturated heterocycles. The molecule has 0 fully saturated rings. The molecule has 0 aliphatic carbocycles. The third-order valence-electron chi connectivity index (χ3n) is 1.64. The van der Waals surface area contributed by atoms with Gasteiger partial charge < -0.3 is 9.52 Å². The molecule has 0 amide bonds. The zero-order valence-electron chi connectivity index (χ0n) is 7.53. The molecule has 4 nitrogen and oxygen atoms in total. The monoisotopic (exact) mass is 180 g/mol. The summed E-state index contributed by atoms with van der Waals surface area (Å²) in [5.74, 6) is 1.32. The molecule has 1 aromatic heterocycles. The molecule has 0 aliphatic rings. The Balaban J connectivity index is 2.49. The minimum atomic E-state index is -0.0814. The first-order valence-electron chi connectivity index (χ1n) is 4.00. The fourth-order valence-electron chi connectivity index (χ4n) is 1.03. The van der Waals surface area contributed by atoms with Gasteiger partial charge in [-0.3, -0.25) is 4.90 Å². The maximum absolute atomic E-state index is 8.73. The molecule has 1 aromatic rings. The van der Waals surface area contributed by atoms with Gasteiger partial charge in [0.05, 0.1) is 19.2 Å². The van der Waals surface area contributed by atoms with E-state index < -0.39 is 0 Å². The van der Waals surface area contributed by atoms with Crippen molar-refractivity contribution >= 4 is 0 Å². The van der Waals surface area contributed by atoms with Crippen molar-refractivity contribution in [1.82, 2.24) is 4.90 Å². The Kier molecular flexibility index (Phi) is 3.50. The zero-order valence-corrected chi connectivity index (χ0v) is 7.53. The van der Waals surface area contributed by atoms with Crippen molar-refractivity contribution < 1.29 is 9.52 Å². The molecule has 1 heterocycles. The number of nitriles is 1. The second-order valence-corrected chi connectivity index (χ2v) is 2.86. The van der Waals surface area contributed by atoms with Gasteiger partial charge in [-0.25, -0.2) is 0 Å². The number of hydrogen-bond acceptors (Lipinski definition) is 4. The third-order valence-corrected chi connectivity index (χ3v) is 1.64. The molecule has 0 radical (unpaired) electrons. The van der Waals surface area contributed by atoms with Gasteiger partial charge in [0.1, 0.15) is 18.1 Å². The fraction of sp³-hybridized carbons (Fsp3) is 0.444. The first-order valence-corrected chi connectivity index (χ1v) is 4.00. The van der Waals surface area contributed by atoms with Crippen molar-refractivity contribution in [3.8, 4) is 6.07 Å². The van der Waals surface area contributed by atoms with Crippen molar-refractivity contribution in [2.24, 2.45) is 0 Å². The highest BCUT2D eigenvalue weighted by molar-refractivity contribution is 5.06. The molecule has 70 valence electrons. The minimum Gasteiger partial charge on any atom is -0.462 e. The van der Waals surface area contributed by atoms with Gasteiger partial charge in [-0.05, 0) is 19.2 Å². The average molecular weight is 180 g/mol. The molecular formula is C9H12N2O2. The summed E-state index contributed by atoms with van der Waals surface area (Å²) in [4.78, 5) is 1.83. The van der Waals surface area contributed by atoms with Crippen LogP contribution in [0.4, 0.5) is 0 Å². The summed E-state index contributed by atoms with van der Waals surface area (Å²) in [5, 5.41) is 17.1. The van der Waals surface area contributed by atoms with Crippen molar-refractivity contribution in [3.63, 3.8) is 0 Å². The zero-order chi connectivity index (χ0) is 9.68. The second kappa shape index (κ2) is 4.65. The highest BCUT2D eigenvalue weighted by atomic mass is 16.4. The molecule has 1 N–H and O–H groups in total. The van der Waals surface area contributed by atoms with Gasteiger partial charge in [0.15, 0.2) is 0 Å². The molecule has 4 heteroatoms. The molecule has 0 unspecified atom stereocenters. The Hall–Kier alpha value is -1.31. The lowest BCUT2D eigenvalue weighted by Crippen LogP contribution is -2.17. The molecule has 0 aliphatic heterocycles. The first kappa shape index (κ1) is 9.78. The third kappa shape index (κ3) is 2.90. The molecule has 13 heavy (non-hydrogen) atoms. The summed E-state index contributed by atoms with van der Waals surface area (Å²) >= 11 is 0. The van der Waals surface area contributed by atoms with E-state index in [4.69, 9.17) is 14.8 Å². The van der Waals surface area contributed by atoms with E-state index in [0.717, 1.165) is 5.76 Å². The summed E-state index contributed by atoms with van der Waals surface area (Å²) in [6.07, 6.45) is 0. The summed E-state index contributed by atoms with van der Waals surface area (Å²) in [6.45, 7) is 0.880. The lowest BCUT2D eigenvalue weighted by Gasteiger charge is -2.09. The van der Waals surface area contributed by atoms with E-state index in [0.29, 0.717) is 18.8 Å². The SMILES string of the molecule is CN(CC#N)Cc1ccc(CO)o1. The number of aliphatic hydroxyl groups excluding tert-OH is 1. The predicted molar refractivity (Wildman–Crippen MR) is 46.6 cm³/mol. The normalized spacial score (nSPS) is 10.3. The molecule has 0 atom stereocenters. The maximum Gasteiger partial charge on any atom is 0.129 e. The van der Waals surface area contributed by atoms with Crippen LogP contribution >= 0.6 is 0 Å². The fourth-order valence-corrected chi connectivity index (χ4v) is 1.03. The number of rotatable bonds is 4. The van der Waals surface area contributed by atoms with E-state index >= 15 is 0 Å². The summed E-state index contributed by atoms with van der Waals surface area (Å²) in [7, 11) is 1.84. The summed E-state index contributed by atoms with van der Waals surface area (Å²) < 4.78 is 5.25. The Bertz CT molecular complexity index is 301. The van der Waals surface area contributed by atoms with Crippen LogP contribution in [0.2, 0.25) is 0 Å². The summed E-state index contributed by atoms with van der Waals surface area (Å²) in [5.41, 5.74) is 0. The van der Waals surface area contributed by atoms with Crippen LogP contribution in [0.3, 0.4) is 0 Å².